The van der Waals surface area contributed by atoms with Crippen LogP contribution in [0, 0.1) is 0 Å². The molecule has 0 atom stereocenters. The van der Waals surface area contributed by atoms with Crippen LogP contribution in [0.4, 0.5) is 0 Å². The summed E-state index contributed by atoms with van der Waals surface area (Å²) in [6, 6.07) is 41.0. The molecule has 2 aliphatic rings. The molecule has 0 N–H and O–H groups in total. The number of aromatic nitrogens is 2. The summed E-state index contributed by atoms with van der Waals surface area (Å²) in [6.45, 7) is 0. The Morgan fingerprint density at radius 3 is 1.80 bits per heavy atom. The van der Waals surface area contributed by atoms with E-state index < -0.39 is 0 Å². The van der Waals surface area contributed by atoms with Gasteiger partial charge in [-0.25, -0.2) is 0 Å². The first-order chi connectivity index (χ1) is 26.6. The molecule has 11 aromatic rings. The molecule has 254 valence electrons. The molecule has 0 saturated heterocycles. The van der Waals surface area contributed by atoms with E-state index in [2.05, 4.69) is 69.8 Å². The Bertz CT molecular complexity index is 3450. The summed E-state index contributed by atoms with van der Waals surface area (Å²) in [5.74, 6) is 0.622. The van der Waals surface area contributed by atoms with E-state index in [4.69, 9.17) is 8.83 Å². The largest absolute Gasteiger partial charge is 0.454 e. The molecule has 0 spiro atoms. The van der Waals surface area contributed by atoms with Gasteiger partial charge in [-0.15, -0.1) is 22.7 Å². The van der Waals surface area contributed by atoms with Gasteiger partial charge in [-0.3, -0.25) is 18.7 Å². The van der Waals surface area contributed by atoms with Gasteiger partial charge < -0.3 is 8.83 Å². The van der Waals surface area contributed by atoms with Gasteiger partial charge in [-0.2, -0.15) is 0 Å². The third-order valence-corrected chi connectivity index (χ3v) is 13.7. The maximum atomic E-state index is 14.6. The van der Waals surface area contributed by atoms with Crippen LogP contribution in [0.15, 0.2) is 130 Å². The van der Waals surface area contributed by atoms with Crippen LogP contribution in [0.3, 0.4) is 0 Å². The molecule has 13 rings (SSSR count). The summed E-state index contributed by atoms with van der Waals surface area (Å²) >= 11 is 2.76. The highest BCUT2D eigenvalue weighted by Gasteiger charge is 2.37. The average Bonchev–Trinajstić information content (AvgIpc) is 4.06. The van der Waals surface area contributed by atoms with E-state index in [1.54, 1.807) is 0 Å². The number of aryl methyl sites for hydroxylation is 2. The predicted molar refractivity (Wildman–Crippen MR) is 217 cm³/mol. The number of hydrogen-bond donors (Lipinski definition) is 0. The van der Waals surface area contributed by atoms with Gasteiger partial charge in [0.15, 0.2) is 11.3 Å². The van der Waals surface area contributed by atoms with E-state index in [9.17, 15) is 9.59 Å². The fourth-order valence-corrected chi connectivity index (χ4v) is 11.4. The van der Waals surface area contributed by atoms with Crippen LogP contribution < -0.4 is 0 Å². The molecule has 0 amide bonds. The van der Waals surface area contributed by atoms with Crippen LogP contribution in [0.2, 0.25) is 0 Å². The number of rotatable bonds is 2. The zero-order valence-corrected chi connectivity index (χ0v) is 29.9. The van der Waals surface area contributed by atoms with Crippen molar-refractivity contribution in [1.29, 1.82) is 0 Å². The molecule has 0 unspecified atom stereocenters. The maximum absolute atomic E-state index is 14.6. The van der Waals surface area contributed by atoms with E-state index in [0.717, 1.165) is 99.9 Å². The van der Waals surface area contributed by atoms with E-state index in [0.29, 0.717) is 20.9 Å². The smallest absolute Gasteiger partial charge is 0.205 e. The molecule has 6 aromatic heterocycles. The first kappa shape index (κ1) is 29.0. The van der Waals surface area contributed by atoms with Gasteiger partial charge in [-0.05, 0) is 60.9 Å². The first-order valence-corrected chi connectivity index (χ1v) is 19.6. The van der Waals surface area contributed by atoms with Gasteiger partial charge in [0.2, 0.25) is 11.6 Å². The molecule has 0 bridgehead atoms. The Labute approximate surface area is 313 Å². The second-order valence-corrected chi connectivity index (χ2v) is 16.2. The van der Waals surface area contributed by atoms with Crippen LogP contribution in [0.25, 0.3) is 87.1 Å². The molecule has 54 heavy (non-hydrogen) atoms. The quantitative estimate of drug-likeness (QED) is 0.177. The second-order valence-electron chi connectivity index (χ2n) is 14.2. The van der Waals surface area contributed by atoms with Crippen molar-refractivity contribution in [1.82, 2.24) is 9.13 Å². The molecule has 0 aliphatic heterocycles. The fraction of sp³-hybridized carbons (Fsp3) is 0.0435. The van der Waals surface area contributed by atoms with E-state index >= 15 is 0 Å². The number of hydrogen-bond acceptors (Lipinski definition) is 6. The van der Waals surface area contributed by atoms with Crippen molar-refractivity contribution in [3.63, 3.8) is 0 Å². The summed E-state index contributed by atoms with van der Waals surface area (Å²) in [7, 11) is 0. The number of nitrogens with zero attached hydrogens (tertiary/aromatic N) is 2. The Hall–Kier alpha value is -6.48. The van der Waals surface area contributed by atoms with Crippen molar-refractivity contribution >= 4 is 99.9 Å². The van der Waals surface area contributed by atoms with Crippen molar-refractivity contribution in [2.75, 3.05) is 0 Å². The zero-order chi connectivity index (χ0) is 35.4. The highest BCUT2D eigenvalue weighted by atomic mass is 32.1. The highest BCUT2D eigenvalue weighted by molar-refractivity contribution is 7.19. The van der Waals surface area contributed by atoms with Crippen molar-refractivity contribution in [3.8, 4) is 21.5 Å². The van der Waals surface area contributed by atoms with E-state index in [-0.39, 0.29) is 11.6 Å². The third kappa shape index (κ3) is 3.55. The summed E-state index contributed by atoms with van der Waals surface area (Å²) in [5, 5.41) is 8.15. The summed E-state index contributed by atoms with van der Waals surface area (Å²) in [6.07, 6.45) is 1.77. The Morgan fingerprint density at radius 2 is 1.06 bits per heavy atom. The van der Waals surface area contributed by atoms with Crippen LogP contribution in [0.1, 0.15) is 41.6 Å². The molecule has 5 aromatic carbocycles. The van der Waals surface area contributed by atoms with Crippen LogP contribution in [0.5, 0.6) is 0 Å². The van der Waals surface area contributed by atoms with Crippen LogP contribution in [-0.2, 0) is 12.8 Å². The summed E-state index contributed by atoms with van der Waals surface area (Å²) in [5.41, 5.74) is 9.77. The number of benzene rings is 5. The summed E-state index contributed by atoms with van der Waals surface area (Å²) < 4.78 is 17.5. The number of carbonyl (C=O) groups excluding carboxylic acids is 2. The minimum atomic E-state index is -0.122. The zero-order valence-electron chi connectivity index (χ0n) is 28.3. The van der Waals surface area contributed by atoms with Gasteiger partial charge in [0.1, 0.15) is 21.2 Å². The maximum Gasteiger partial charge on any atom is 0.205 e. The molecule has 6 nitrogen and oxygen atoms in total. The molecule has 2 aliphatic carbocycles. The number of carbonyl (C=O) groups is 2. The topological polar surface area (TPSA) is 70.3 Å². The van der Waals surface area contributed by atoms with Crippen molar-refractivity contribution in [3.05, 3.63) is 153 Å². The minimum Gasteiger partial charge on any atom is -0.454 e. The number of para-hydroxylation sites is 4. The van der Waals surface area contributed by atoms with Gasteiger partial charge in [-0.1, -0.05) is 78.9 Å². The monoisotopic (exact) mass is 732 g/mol. The second kappa shape index (κ2) is 10.1. The van der Waals surface area contributed by atoms with E-state index in [1.165, 1.54) is 33.8 Å². The van der Waals surface area contributed by atoms with Crippen LogP contribution >= 0.6 is 22.7 Å². The number of fused-ring (bicyclic) bond motifs is 16. The van der Waals surface area contributed by atoms with Gasteiger partial charge >= 0.3 is 0 Å². The number of furan rings is 2. The summed E-state index contributed by atoms with van der Waals surface area (Å²) in [4.78, 5) is 30.0. The Balaban J connectivity index is 1.00. The Morgan fingerprint density at radius 1 is 0.500 bits per heavy atom. The molecular formula is C46H24N2O4S2. The van der Waals surface area contributed by atoms with Gasteiger partial charge in [0, 0.05) is 49.0 Å². The lowest BCUT2D eigenvalue weighted by molar-refractivity contribution is 0.0986. The number of ketones is 2. The molecule has 0 radical (unpaired) electrons. The van der Waals surface area contributed by atoms with Gasteiger partial charge in [0.25, 0.3) is 0 Å². The van der Waals surface area contributed by atoms with Crippen molar-refractivity contribution in [2.45, 2.75) is 12.8 Å². The van der Waals surface area contributed by atoms with Gasteiger partial charge in [0.05, 0.1) is 32.0 Å². The molecule has 0 saturated carbocycles. The lowest BCUT2D eigenvalue weighted by Gasteiger charge is -2.15. The van der Waals surface area contributed by atoms with Crippen molar-refractivity contribution < 1.29 is 18.4 Å². The Kier molecular flexibility index (Phi) is 5.45. The normalized spacial score (nSPS) is 13.9. The van der Waals surface area contributed by atoms with Crippen LogP contribution in [-0.4, -0.2) is 20.7 Å². The standard InChI is InChI=1S/C46H24N2O4S2/c49-41-31-21-37(47-33-13-5-1-9-23(33)27-17-19-29-25-11-3-7-15-35(25)51-43(29)39(27)47)53-45(31)42(50)32-22-38(54-46(32)41)48-34-14-6-2-10-24(34)28-18-20-30-26-12-4-8-16-36(26)52-44(30)40(28)48/h1-17,19,21-22H,18,20H2. The lowest BCUT2D eigenvalue weighted by Crippen LogP contribution is -2.15. The molecule has 0 fully saturated rings. The third-order valence-electron chi connectivity index (χ3n) is 11.5. The molecular weight excluding hydrogens is 709 g/mol. The predicted octanol–water partition coefficient (Wildman–Crippen LogP) is 12.0. The fourth-order valence-electron chi connectivity index (χ4n) is 9.17. The first-order valence-electron chi connectivity index (χ1n) is 18.0. The SMILES string of the molecule is O=C1c2cc(-n3c4ccccc4c4ccc5c6ccccc6oc5c43)sc2C(=O)c2cc(-n3c4c(c5ccccc53)CCc3c-4oc4ccccc34)sc21. The molecule has 8 heteroatoms. The minimum absolute atomic E-state index is 0.122. The average molecular weight is 733 g/mol. The lowest BCUT2D eigenvalue weighted by atomic mass is 9.92. The molecule has 6 heterocycles. The highest BCUT2D eigenvalue weighted by Crippen LogP contribution is 2.49. The number of thiophene rings is 2. The van der Waals surface area contributed by atoms with Crippen molar-refractivity contribution in [2.24, 2.45) is 0 Å². The van der Waals surface area contributed by atoms with E-state index in [1.807, 2.05) is 60.7 Å².